The second kappa shape index (κ2) is 4.09. The molecule has 0 aromatic carbocycles. The molecule has 3 rings (SSSR count). The van der Waals surface area contributed by atoms with Crippen LogP contribution in [0.4, 0.5) is 0 Å². The summed E-state index contributed by atoms with van der Waals surface area (Å²) < 4.78 is 5.53. The molecule has 3 heteroatoms. The molecular weight excluding hydrogens is 252 g/mol. The highest BCUT2D eigenvalue weighted by atomic mass is 16.5. The van der Waals surface area contributed by atoms with Gasteiger partial charge in [0.25, 0.3) is 0 Å². The van der Waals surface area contributed by atoms with Gasteiger partial charge in [0.05, 0.1) is 5.60 Å². The van der Waals surface area contributed by atoms with E-state index in [0.717, 1.165) is 24.8 Å². The first-order chi connectivity index (χ1) is 9.16. The molecule has 0 unspecified atom stereocenters. The lowest BCUT2D eigenvalue weighted by atomic mass is 9.77. The van der Waals surface area contributed by atoms with Crippen molar-refractivity contribution >= 4 is 5.97 Å². The maximum atomic E-state index is 11.4. The fourth-order valence-corrected chi connectivity index (χ4v) is 5.18. The van der Waals surface area contributed by atoms with Gasteiger partial charge in [0, 0.05) is 6.92 Å². The smallest absolute Gasteiger partial charge is 0.303 e. The van der Waals surface area contributed by atoms with Gasteiger partial charge < -0.3 is 9.84 Å². The molecule has 3 saturated carbocycles. The molecule has 0 radical (unpaired) electrons. The molecular formula is C17H26O3. The number of carbonyl (C=O) groups is 1. The van der Waals surface area contributed by atoms with E-state index in [0.29, 0.717) is 17.8 Å². The van der Waals surface area contributed by atoms with Gasteiger partial charge in [0.1, 0.15) is 6.10 Å². The van der Waals surface area contributed by atoms with Gasteiger partial charge in [-0.1, -0.05) is 20.4 Å². The molecule has 0 spiro atoms. The number of rotatable bonds is 1. The first kappa shape index (κ1) is 14.1. The van der Waals surface area contributed by atoms with E-state index in [1.165, 1.54) is 6.92 Å². The van der Waals surface area contributed by atoms with Crippen LogP contribution >= 0.6 is 0 Å². The molecule has 3 nitrogen and oxygen atoms in total. The van der Waals surface area contributed by atoms with Crippen LogP contribution in [-0.2, 0) is 9.53 Å². The Morgan fingerprint density at radius 3 is 2.60 bits per heavy atom. The van der Waals surface area contributed by atoms with Crippen LogP contribution in [0, 0.1) is 29.1 Å². The van der Waals surface area contributed by atoms with E-state index in [-0.39, 0.29) is 23.4 Å². The fourth-order valence-electron chi connectivity index (χ4n) is 5.18. The third kappa shape index (κ3) is 1.86. The summed E-state index contributed by atoms with van der Waals surface area (Å²) in [7, 11) is 0. The maximum Gasteiger partial charge on any atom is 0.303 e. The van der Waals surface area contributed by atoms with Gasteiger partial charge in [-0.05, 0) is 60.8 Å². The van der Waals surface area contributed by atoms with Crippen LogP contribution in [0.3, 0.4) is 0 Å². The Hall–Kier alpha value is -0.830. The van der Waals surface area contributed by atoms with Crippen LogP contribution in [0.1, 0.15) is 47.0 Å². The third-order valence-corrected chi connectivity index (χ3v) is 6.31. The van der Waals surface area contributed by atoms with Crippen LogP contribution in [-0.4, -0.2) is 22.8 Å². The zero-order chi connectivity index (χ0) is 14.9. The topological polar surface area (TPSA) is 46.5 Å². The van der Waals surface area contributed by atoms with Gasteiger partial charge >= 0.3 is 5.97 Å². The second-order valence-corrected chi connectivity index (χ2v) is 7.89. The minimum Gasteiger partial charge on any atom is -0.458 e. The van der Waals surface area contributed by atoms with E-state index in [2.05, 4.69) is 20.4 Å². The zero-order valence-electron chi connectivity index (χ0n) is 13.0. The summed E-state index contributed by atoms with van der Waals surface area (Å²) in [5, 5.41) is 10.8. The molecule has 3 aliphatic carbocycles. The molecule has 20 heavy (non-hydrogen) atoms. The average Bonchev–Trinajstić information content (AvgIpc) is 2.71. The van der Waals surface area contributed by atoms with Crippen LogP contribution in [0.25, 0.3) is 0 Å². The molecule has 0 aliphatic heterocycles. The van der Waals surface area contributed by atoms with E-state index >= 15 is 0 Å². The van der Waals surface area contributed by atoms with Crippen molar-refractivity contribution in [2.24, 2.45) is 29.1 Å². The highest BCUT2D eigenvalue weighted by Gasteiger charge is 2.68. The Kier molecular flexibility index (Phi) is 2.89. The molecule has 3 fully saturated rings. The normalized spacial score (nSPS) is 49.0. The van der Waals surface area contributed by atoms with Crippen LogP contribution < -0.4 is 0 Å². The summed E-state index contributed by atoms with van der Waals surface area (Å²) in [4.78, 5) is 11.4. The Morgan fingerprint density at radius 2 is 2.00 bits per heavy atom. The summed E-state index contributed by atoms with van der Waals surface area (Å²) in [6, 6.07) is 0. The highest BCUT2D eigenvalue weighted by Crippen LogP contribution is 2.71. The highest BCUT2D eigenvalue weighted by molar-refractivity contribution is 5.66. The lowest BCUT2D eigenvalue weighted by Gasteiger charge is -2.32. The van der Waals surface area contributed by atoms with Crippen LogP contribution in [0.2, 0.25) is 0 Å². The van der Waals surface area contributed by atoms with Crippen molar-refractivity contribution in [1.82, 2.24) is 0 Å². The predicted molar refractivity (Wildman–Crippen MR) is 76.9 cm³/mol. The SMILES string of the molecule is C=C1[C@@H](OC(C)=O)C[C@@H]2[C@H]([C@@H]3[C@H]1CC[C@]3(C)O)C2(C)C. The van der Waals surface area contributed by atoms with Gasteiger partial charge in [-0.2, -0.15) is 0 Å². The number of esters is 1. The molecule has 0 bridgehead atoms. The quantitative estimate of drug-likeness (QED) is 0.592. The van der Waals surface area contributed by atoms with Crippen molar-refractivity contribution in [3.63, 3.8) is 0 Å². The molecule has 0 aromatic rings. The summed E-state index contributed by atoms with van der Waals surface area (Å²) in [5.74, 6) is 1.40. The first-order valence-electron chi connectivity index (χ1n) is 7.74. The zero-order valence-corrected chi connectivity index (χ0v) is 13.0. The van der Waals surface area contributed by atoms with E-state index in [4.69, 9.17) is 4.74 Å². The predicted octanol–water partition coefficient (Wildman–Crippen LogP) is 2.93. The second-order valence-electron chi connectivity index (χ2n) is 7.89. The van der Waals surface area contributed by atoms with Crippen molar-refractivity contribution in [2.45, 2.75) is 58.7 Å². The van der Waals surface area contributed by atoms with E-state index < -0.39 is 5.60 Å². The number of aliphatic hydroxyl groups is 1. The molecule has 112 valence electrons. The lowest BCUT2D eigenvalue weighted by Crippen LogP contribution is -2.36. The molecule has 0 aromatic heterocycles. The number of hydrogen-bond donors (Lipinski definition) is 1. The molecule has 6 atom stereocenters. The van der Waals surface area contributed by atoms with Gasteiger partial charge in [-0.15, -0.1) is 0 Å². The Morgan fingerprint density at radius 1 is 1.35 bits per heavy atom. The monoisotopic (exact) mass is 278 g/mol. The van der Waals surface area contributed by atoms with E-state index in [1.807, 2.05) is 6.92 Å². The van der Waals surface area contributed by atoms with E-state index in [1.54, 1.807) is 0 Å². The van der Waals surface area contributed by atoms with Crippen molar-refractivity contribution in [3.8, 4) is 0 Å². The fraction of sp³-hybridized carbons (Fsp3) is 0.824. The summed E-state index contributed by atoms with van der Waals surface area (Å²) >= 11 is 0. The summed E-state index contributed by atoms with van der Waals surface area (Å²) in [6.07, 6.45) is 2.51. The minimum atomic E-state index is -0.602. The summed E-state index contributed by atoms with van der Waals surface area (Å²) in [6.45, 7) is 12.2. The van der Waals surface area contributed by atoms with Gasteiger partial charge in [0.2, 0.25) is 0 Å². The molecule has 0 heterocycles. The maximum absolute atomic E-state index is 11.4. The number of carbonyl (C=O) groups excluding carboxylic acids is 1. The minimum absolute atomic E-state index is 0.161. The van der Waals surface area contributed by atoms with Gasteiger partial charge in [-0.25, -0.2) is 0 Å². The van der Waals surface area contributed by atoms with Crippen LogP contribution in [0.15, 0.2) is 12.2 Å². The van der Waals surface area contributed by atoms with Crippen molar-refractivity contribution < 1.29 is 14.6 Å². The third-order valence-electron chi connectivity index (χ3n) is 6.31. The van der Waals surface area contributed by atoms with E-state index in [9.17, 15) is 9.90 Å². The van der Waals surface area contributed by atoms with Crippen LogP contribution in [0.5, 0.6) is 0 Å². The lowest BCUT2D eigenvalue weighted by molar-refractivity contribution is -0.145. The largest absolute Gasteiger partial charge is 0.458 e. The summed E-state index contributed by atoms with van der Waals surface area (Å²) in [5.41, 5.74) is 0.678. The Labute approximate surface area is 121 Å². The van der Waals surface area contributed by atoms with Gasteiger partial charge in [-0.3, -0.25) is 4.79 Å². The Balaban J connectivity index is 1.95. The van der Waals surface area contributed by atoms with Crippen molar-refractivity contribution in [2.75, 3.05) is 0 Å². The molecule has 3 aliphatic rings. The standard InChI is InChI=1S/C17H26O3/c1-9-11-6-7-17(5,19)14(11)15-12(16(15,3)4)8-13(9)20-10(2)18/h11-15,19H,1,6-8H2,2-5H3/t11-,12+,13-,14-,15+,17-/m0/s1. The van der Waals surface area contributed by atoms with Crippen molar-refractivity contribution in [1.29, 1.82) is 0 Å². The number of hydrogen-bond acceptors (Lipinski definition) is 3. The average molecular weight is 278 g/mol. The Bertz CT molecular complexity index is 463. The molecule has 1 N–H and O–H groups in total. The molecule has 0 saturated heterocycles. The van der Waals surface area contributed by atoms with Crippen molar-refractivity contribution in [3.05, 3.63) is 12.2 Å². The molecule has 0 amide bonds. The van der Waals surface area contributed by atoms with Gasteiger partial charge in [0.15, 0.2) is 0 Å². The number of fused-ring (bicyclic) bond motifs is 3. The first-order valence-corrected chi connectivity index (χ1v) is 7.74. The number of ether oxygens (including phenoxy) is 1.